The molecule has 1 nitrogen and oxygen atoms in total. The molecule has 11 heavy (non-hydrogen) atoms. The molecule has 0 aromatic heterocycles. The van der Waals surface area contributed by atoms with Crippen LogP contribution in [0.25, 0.3) is 0 Å². The van der Waals surface area contributed by atoms with Gasteiger partial charge in [0.05, 0.1) is 6.10 Å². The minimum absolute atomic E-state index is 0.0738. The lowest BCUT2D eigenvalue weighted by molar-refractivity contribution is 0.111. The molecule has 0 amide bonds. The van der Waals surface area contributed by atoms with Gasteiger partial charge in [-0.1, -0.05) is 25.5 Å². The molecule has 1 N–H and O–H groups in total. The molecule has 0 radical (unpaired) electrons. The van der Waals surface area contributed by atoms with Crippen molar-refractivity contribution in [1.82, 2.24) is 0 Å². The average Bonchev–Trinajstić information content (AvgIpc) is 2.05. The molecule has 2 atom stereocenters. The van der Waals surface area contributed by atoms with Crippen LogP contribution in [0, 0.1) is 5.92 Å². The summed E-state index contributed by atoms with van der Waals surface area (Å²) in [7, 11) is 0. The summed E-state index contributed by atoms with van der Waals surface area (Å²) in [6.07, 6.45) is 6.50. The Kier molecular flexibility index (Phi) is 3.13. The molecule has 1 rings (SSSR count). The maximum atomic E-state index is 9.54. The summed E-state index contributed by atoms with van der Waals surface area (Å²) in [4.78, 5) is 0. The van der Waals surface area contributed by atoms with E-state index in [2.05, 4.69) is 19.9 Å². The van der Waals surface area contributed by atoms with Crippen LogP contribution in [0.4, 0.5) is 0 Å². The molecule has 0 heterocycles. The lowest BCUT2D eigenvalue weighted by Crippen LogP contribution is -2.21. The predicted octanol–water partition coefficient (Wildman–Crippen LogP) is 2.50. The summed E-state index contributed by atoms with van der Waals surface area (Å²) in [5.74, 6) is 0.429. The van der Waals surface area contributed by atoms with Gasteiger partial charge in [-0.15, -0.1) is 0 Å². The second-order valence-corrected chi connectivity index (χ2v) is 3.36. The van der Waals surface area contributed by atoms with E-state index in [-0.39, 0.29) is 6.10 Å². The lowest BCUT2D eigenvalue weighted by atomic mass is 9.85. The van der Waals surface area contributed by atoms with Crippen molar-refractivity contribution in [2.45, 2.75) is 45.6 Å². The predicted molar refractivity (Wildman–Crippen MR) is 47.4 cm³/mol. The minimum Gasteiger partial charge on any atom is -0.393 e. The molecular weight excluding hydrogens is 136 g/mol. The summed E-state index contributed by atoms with van der Waals surface area (Å²) < 4.78 is 0. The van der Waals surface area contributed by atoms with E-state index in [1.807, 2.05) is 0 Å². The molecule has 1 aliphatic rings. The number of aliphatic hydroxyl groups is 1. The van der Waals surface area contributed by atoms with Gasteiger partial charge in [0.25, 0.3) is 0 Å². The normalized spacial score (nSPS) is 31.7. The Morgan fingerprint density at radius 1 is 1.55 bits per heavy atom. The zero-order valence-corrected chi connectivity index (χ0v) is 7.51. The molecule has 0 bridgehead atoms. The van der Waals surface area contributed by atoms with Crippen LogP contribution in [0.15, 0.2) is 11.6 Å². The molecule has 0 spiro atoms. The van der Waals surface area contributed by atoms with Gasteiger partial charge >= 0.3 is 0 Å². The van der Waals surface area contributed by atoms with Gasteiger partial charge in [-0.2, -0.15) is 0 Å². The van der Waals surface area contributed by atoms with Crippen LogP contribution < -0.4 is 0 Å². The molecule has 0 aromatic carbocycles. The lowest BCUT2D eigenvalue weighted by Gasteiger charge is -2.25. The zero-order valence-electron chi connectivity index (χ0n) is 7.51. The van der Waals surface area contributed by atoms with E-state index < -0.39 is 0 Å². The Labute approximate surface area is 69.1 Å². The molecule has 64 valence electrons. The average molecular weight is 154 g/mol. The Bertz CT molecular complexity index is 149. The van der Waals surface area contributed by atoms with Gasteiger partial charge in [0.15, 0.2) is 0 Å². The van der Waals surface area contributed by atoms with Gasteiger partial charge < -0.3 is 5.11 Å². The molecule has 1 aliphatic carbocycles. The van der Waals surface area contributed by atoms with Crippen LogP contribution in [-0.2, 0) is 0 Å². The summed E-state index contributed by atoms with van der Waals surface area (Å²) in [6, 6.07) is 0. The molecule has 0 saturated heterocycles. The highest BCUT2D eigenvalue weighted by Gasteiger charge is 2.19. The van der Waals surface area contributed by atoms with Gasteiger partial charge in [-0.05, 0) is 25.7 Å². The van der Waals surface area contributed by atoms with Crippen LogP contribution in [0.1, 0.15) is 39.5 Å². The van der Waals surface area contributed by atoms with E-state index in [1.165, 1.54) is 5.57 Å². The van der Waals surface area contributed by atoms with Crippen LogP contribution in [0.2, 0.25) is 0 Å². The van der Waals surface area contributed by atoms with E-state index in [9.17, 15) is 5.11 Å². The minimum atomic E-state index is -0.0738. The third kappa shape index (κ3) is 2.06. The van der Waals surface area contributed by atoms with Gasteiger partial charge in [0.2, 0.25) is 0 Å². The fourth-order valence-electron chi connectivity index (χ4n) is 1.73. The van der Waals surface area contributed by atoms with Gasteiger partial charge in [-0.25, -0.2) is 0 Å². The molecule has 0 fully saturated rings. The van der Waals surface area contributed by atoms with Crippen molar-refractivity contribution >= 4 is 0 Å². The number of aliphatic hydroxyl groups excluding tert-OH is 1. The van der Waals surface area contributed by atoms with Crippen LogP contribution in [-0.4, -0.2) is 11.2 Å². The van der Waals surface area contributed by atoms with Crippen molar-refractivity contribution in [2.75, 3.05) is 0 Å². The first-order chi connectivity index (χ1) is 5.27. The first-order valence-corrected chi connectivity index (χ1v) is 4.65. The number of hydrogen-bond acceptors (Lipinski definition) is 1. The van der Waals surface area contributed by atoms with Gasteiger partial charge in [0.1, 0.15) is 0 Å². The zero-order chi connectivity index (χ0) is 8.27. The van der Waals surface area contributed by atoms with E-state index in [0.29, 0.717) is 5.92 Å². The topological polar surface area (TPSA) is 20.2 Å². The quantitative estimate of drug-likeness (QED) is 0.606. The Balaban J connectivity index is 2.59. The fraction of sp³-hybridized carbons (Fsp3) is 0.800. The van der Waals surface area contributed by atoms with Crippen molar-refractivity contribution in [3.8, 4) is 0 Å². The molecule has 0 saturated carbocycles. The second-order valence-electron chi connectivity index (χ2n) is 3.36. The number of allylic oxidation sites excluding steroid dienone is 1. The highest BCUT2D eigenvalue weighted by atomic mass is 16.3. The van der Waals surface area contributed by atoms with E-state index in [1.54, 1.807) is 0 Å². The van der Waals surface area contributed by atoms with Crippen molar-refractivity contribution < 1.29 is 5.11 Å². The van der Waals surface area contributed by atoms with Gasteiger partial charge in [-0.3, -0.25) is 0 Å². The summed E-state index contributed by atoms with van der Waals surface area (Å²) in [6.45, 7) is 4.33. The smallest absolute Gasteiger partial charge is 0.0605 e. The highest BCUT2D eigenvalue weighted by molar-refractivity contribution is 5.09. The summed E-state index contributed by atoms with van der Waals surface area (Å²) in [5.41, 5.74) is 1.53. The fourth-order valence-corrected chi connectivity index (χ4v) is 1.73. The van der Waals surface area contributed by atoms with Crippen molar-refractivity contribution in [1.29, 1.82) is 0 Å². The van der Waals surface area contributed by atoms with E-state index in [0.717, 1.165) is 25.7 Å². The van der Waals surface area contributed by atoms with Crippen molar-refractivity contribution in [3.05, 3.63) is 11.6 Å². The highest BCUT2D eigenvalue weighted by Crippen LogP contribution is 2.26. The molecular formula is C10H18O. The van der Waals surface area contributed by atoms with Crippen molar-refractivity contribution in [3.63, 3.8) is 0 Å². The third-order valence-electron chi connectivity index (χ3n) is 2.63. The first-order valence-electron chi connectivity index (χ1n) is 4.65. The standard InChI is InChI=1S/C10H18O/c1-3-8-5-6-10(11)9(4-2)7-8/h7,9-11H,3-6H2,1-2H3. The summed E-state index contributed by atoms with van der Waals surface area (Å²) >= 11 is 0. The van der Waals surface area contributed by atoms with Crippen molar-refractivity contribution in [2.24, 2.45) is 5.92 Å². The second kappa shape index (κ2) is 3.91. The van der Waals surface area contributed by atoms with E-state index in [4.69, 9.17) is 0 Å². The van der Waals surface area contributed by atoms with Crippen LogP contribution >= 0.6 is 0 Å². The molecule has 1 heteroatoms. The summed E-state index contributed by atoms with van der Waals surface area (Å²) in [5, 5.41) is 9.54. The van der Waals surface area contributed by atoms with Crippen LogP contribution in [0.5, 0.6) is 0 Å². The Hall–Kier alpha value is -0.300. The molecule has 0 aromatic rings. The Morgan fingerprint density at radius 2 is 2.27 bits per heavy atom. The maximum absolute atomic E-state index is 9.54. The van der Waals surface area contributed by atoms with Gasteiger partial charge in [0, 0.05) is 5.92 Å². The molecule has 0 aliphatic heterocycles. The number of rotatable bonds is 2. The monoisotopic (exact) mass is 154 g/mol. The SMILES string of the molecule is CCC1=CC(CC)C(O)CC1. The first kappa shape index (κ1) is 8.79. The number of hydrogen-bond donors (Lipinski definition) is 1. The third-order valence-corrected chi connectivity index (χ3v) is 2.63. The maximum Gasteiger partial charge on any atom is 0.0605 e. The Morgan fingerprint density at radius 3 is 2.82 bits per heavy atom. The van der Waals surface area contributed by atoms with Crippen LogP contribution in [0.3, 0.4) is 0 Å². The van der Waals surface area contributed by atoms with E-state index >= 15 is 0 Å². The molecule has 2 unspecified atom stereocenters. The largest absolute Gasteiger partial charge is 0.393 e.